The Hall–Kier alpha value is -2.07. The summed E-state index contributed by atoms with van der Waals surface area (Å²) in [5, 5.41) is 0. The molecule has 2 heterocycles. The van der Waals surface area contributed by atoms with E-state index >= 15 is 0 Å². The molecule has 0 bridgehead atoms. The Bertz CT molecular complexity index is 594. The molecule has 1 saturated heterocycles. The number of hydrogen-bond acceptors (Lipinski definition) is 3. The fraction of sp³-hybridized carbons (Fsp3) is 0.389. The minimum atomic E-state index is -0.0300. The van der Waals surface area contributed by atoms with E-state index in [1.54, 1.807) is 19.2 Å². The molecule has 0 spiro atoms. The van der Waals surface area contributed by atoms with Crippen molar-refractivity contribution in [1.29, 1.82) is 0 Å². The SMILES string of the molecule is CO[C@@H]1CCN(C(=O)c2ccco2)C[C@H]1Cc1ccccc1. The van der Waals surface area contributed by atoms with Crippen molar-refractivity contribution in [2.45, 2.75) is 18.9 Å². The molecule has 2 aromatic rings. The number of nitrogens with zero attached hydrogens (tertiary/aromatic N) is 1. The van der Waals surface area contributed by atoms with Crippen LogP contribution in [-0.2, 0) is 11.2 Å². The highest BCUT2D eigenvalue weighted by atomic mass is 16.5. The van der Waals surface area contributed by atoms with Crippen LogP contribution < -0.4 is 0 Å². The monoisotopic (exact) mass is 299 g/mol. The van der Waals surface area contributed by atoms with Crippen LogP contribution in [0, 0.1) is 5.92 Å². The molecule has 22 heavy (non-hydrogen) atoms. The van der Waals surface area contributed by atoms with Crippen LogP contribution >= 0.6 is 0 Å². The van der Waals surface area contributed by atoms with E-state index < -0.39 is 0 Å². The number of rotatable bonds is 4. The van der Waals surface area contributed by atoms with Gasteiger partial charge in [-0.15, -0.1) is 0 Å². The number of ether oxygens (including phenoxy) is 1. The Kier molecular flexibility index (Phi) is 4.59. The van der Waals surface area contributed by atoms with Crippen molar-refractivity contribution in [3.05, 3.63) is 60.1 Å². The topological polar surface area (TPSA) is 42.7 Å². The summed E-state index contributed by atoms with van der Waals surface area (Å²) in [6.45, 7) is 1.41. The number of carbonyl (C=O) groups is 1. The summed E-state index contributed by atoms with van der Waals surface area (Å²) >= 11 is 0. The summed E-state index contributed by atoms with van der Waals surface area (Å²) in [7, 11) is 1.76. The van der Waals surface area contributed by atoms with Gasteiger partial charge in [0.2, 0.25) is 0 Å². The highest BCUT2D eigenvalue weighted by Crippen LogP contribution is 2.25. The van der Waals surface area contributed by atoms with Crippen LogP contribution in [0.2, 0.25) is 0 Å². The molecule has 116 valence electrons. The Morgan fingerprint density at radius 1 is 1.27 bits per heavy atom. The summed E-state index contributed by atoms with van der Waals surface area (Å²) < 4.78 is 10.9. The van der Waals surface area contributed by atoms with Gasteiger partial charge in [-0.25, -0.2) is 0 Å². The largest absolute Gasteiger partial charge is 0.459 e. The standard InChI is InChI=1S/C18H21NO3/c1-21-16-9-10-19(18(20)17-8-5-11-22-17)13-15(16)12-14-6-3-2-4-7-14/h2-8,11,15-16H,9-10,12-13H2,1H3/t15-,16-/m1/s1. The van der Waals surface area contributed by atoms with Crippen molar-refractivity contribution < 1.29 is 13.9 Å². The van der Waals surface area contributed by atoms with Crippen LogP contribution in [0.3, 0.4) is 0 Å². The van der Waals surface area contributed by atoms with Gasteiger partial charge >= 0.3 is 0 Å². The van der Waals surface area contributed by atoms with Gasteiger partial charge in [0, 0.05) is 26.1 Å². The van der Waals surface area contributed by atoms with Gasteiger partial charge in [-0.05, 0) is 30.5 Å². The van der Waals surface area contributed by atoms with E-state index in [0.29, 0.717) is 24.8 Å². The smallest absolute Gasteiger partial charge is 0.289 e. The third-order valence-corrected chi connectivity index (χ3v) is 4.33. The van der Waals surface area contributed by atoms with Gasteiger partial charge in [0.1, 0.15) is 0 Å². The van der Waals surface area contributed by atoms with Crippen molar-refractivity contribution in [2.24, 2.45) is 5.92 Å². The molecule has 3 rings (SSSR count). The molecule has 1 fully saturated rings. The Labute approximate surface area is 130 Å². The van der Waals surface area contributed by atoms with Gasteiger partial charge < -0.3 is 14.1 Å². The van der Waals surface area contributed by atoms with Crippen LogP contribution in [0.5, 0.6) is 0 Å². The minimum absolute atomic E-state index is 0.0300. The van der Waals surface area contributed by atoms with Crippen molar-refractivity contribution in [2.75, 3.05) is 20.2 Å². The van der Waals surface area contributed by atoms with Gasteiger partial charge in [0.15, 0.2) is 5.76 Å². The lowest BCUT2D eigenvalue weighted by molar-refractivity contribution is -0.00389. The third-order valence-electron chi connectivity index (χ3n) is 4.33. The van der Waals surface area contributed by atoms with E-state index in [2.05, 4.69) is 12.1 Å². The Morgan fingerprint density at radius 2 is 2.09 bits per heavy atom. The molecule has 4 nitrogen and oxygen atoms in total. The number of carbonyl (C=O) groups excluding carboxylic acids is 1. The number of methoxy groups -OCH3 is 1. The number of piperidine rings is 1. The molecule has 0 aliphatic carbocycles. The van der Waals surface area contributed by atoms with E-state index in [1.807, 2.05) is 23.1 Å². The summed E-state index contributed by atoms with van der Waals surface area (Å²) in [6, 6.07) is 13.8. The fourth-order valence-electron chi connectivity index (χ4n) is 3.17. The van der Waals surface area contributed by atoms with Gasteiger partial charge in [-0.3, -0.25) is 4.79 Å². The maximum Gasteiger partial charge on any atom is 0.289 e. The quantitative estimate of drug-likeness (QED) is 0.871. The first kappa shape index (κ1) is 14.9. The number of hydrogen-bond donors (Lipinski definition) is 0. The summed E-state index contributed by atoms with van der Waals surface area (Å²) in [6.07, 6.45) is 3.51. The highest BCUT2D eigenvalue weighted by Gasteiger charge is 2.32. The Morgan fingerprint density at radius 3 is 2.77 bits per heavy atom. The lowest BCUT2D eigenvalue weighted by atomic mass is 9.88. The molecule has 0 N–H and O–H groups in total. The molecule has 0 unspecified atom stereocenters. The molecule has 1 aromatic carbocycles. The van der Waals surface area contributed by atoms with Gasteiger partial charge in [-0.2, -0.15) is 0 Å². The highest BCUT2D eigenvalue weighted by molar-refractivity contribution is 5.91. The number of amides is 1. The molecule has 2 atom stereocenters. The van der Waals surface area contributed by atoms with E-state index in [0.717, 1.165) is 12.8 Å². The average molecular weight is 299 g/mol. The Balaban J connectivity index is 1.71. The lowest BCUT2D eigenvalue weighted by Crippen LogP contribution is -2.47. The van der Waals surface area contributed by atoms with E-state index in [-0.39, 0.29) is 12.0 Å². The summed E-state index contributed by atoms with van der Waals surface area (Å²) in [5.74, 6) is 0.687. The van der Waals surface area contributed by atoms with Crippen LogP contribution in [0.15, 0.2) is 53.1 Å². The molecule has 0 saturated carbocycles. The van der Waals surface area contributed by atoms with Gasteiger partial charge in [-0.1, -0.05) is 30.3 Å². The third kappa shape index (κ3) is 3.22. The van der Waals surface area contributed by atoms with Gasteiger partial charge in [0.05, 0.1) is 12.4 Å². The minimum Gasteiger partial charge on any atom is -0.459 e. The van der Waals surface area contributed by atoms with Crippen LogP contribution in [-0.4, -0.2) is 37.1 Å². The normalized spacial score (nSPS) is 21.8. The summed E-state index contributed by atoms with van der Waals surface area (Å²) in [5.41, 5.74) is 1.28. The molecular weight excluding hydrogens is 278 g/mol. The molecule has 1 amide bonds. The number of benzene rings is 1. The second-order valence-electron chi connectivity index (χ2n) is 5.74. The second kappa shape index (κ2) is 6.79. The van der Waals surface area contributed by atoms with Crippen molar-refractivity contribution in [3.63, 3.8) is 0 Å². The predicted molar refractivity (Wildman–Crippen MR) is 83.7 cm³/mol. The van der Waals surface area contributed by atoms with Gasteiger partial charge in [0.25, 0.3) is 5.91 Å². The van der Waals surface area contributed by atoms with Crippen LogP contribution in [0.4, 0.5) is 0 Å². The average Bonchev–Trinajstić information content (AvgIpc) is 3.09. The maximum absolute atomic E-state index is 12.4. The summed E-state index contributed by atoms with van der Waals surface area (Å²) in [4.78, 5) is 14.3. The first-order valence-corrected chi connectivity index (χ1v) is 7.67. The second-order valence-corrected chi connectivity index (χ2v) is 5.74. The van der Waals surface area contributed by atoms with Crippen LogP contribution in [0.25, 0.3) is 0 Å². The zero-order chi connectivity index (χ0) is 15.4. The molecule has 1 aromatic heterocycles. The molecule has 1 aliphatic rings. The van der Waals surface area contributed by atoms with Crippen molar-refractivity contribution >= 4 is 5.91 Å². The number of likely N-dealkylation sites (tertiary alicyclic amines) is 1. The molecule has 1 aliphatic heterocycles. The van der Waals surface area contributed by atoms with Crippen molar-refractivity contribution in [3.8, 4) is 0 Å². The van der Waals surface area contributed by atoms with E-state index in [1.165, 1.54) is 11.8 Å². The molecular formula is C18H21NO3. The van der Waals surface area contributed by atoms with Crippen molar-refractivity contribution in [1.82, 2.24) is 4.90 Å². The number of furan rings is 1. The fourth-order valence-corrected chi connectivity index (χ4v) is 3.17. The maximum atomic E-state index is 12.4. The van der Waals surface area contributed by atoms with Crippen LogP contribution in [0.1, 0.15) is 22.5 Å². The zero-order valence-electron chi connectivity index (χ0n) is 12.8. The molecule has 4 heteroatoms. The zero-order valence-corrected chi connectivity index (χ0v) is 12.8. The van der Waals surface area contributed by atoms with E-state index in [9.17, 15) is 4.79 Å². The molecule has 0 radical (unpaired) electrons. The lowest BCUT2D eigenvalue weighted by Gasteiger charge is -2.37. The first-order chi connectivity index (χ1) is 10.8. The first-order valence-electron chi connectivity index (χ1n) is 7.67. The van der Waals surface area contributed by atoms with E-state index in [4.69, 9.17) is 9.15 Å². The predicted octanol–water partition coefficient (Wildman–Crippen LogP) is 3.00.